The lowest BCUT2D eigenvalue weighted by molar-refractivity contribution is 0.0635. The molecule has 9 heteroatoms. The van der Waals surface area contributed by atoms with Crippen LogP contribution in [0.2, 0.25) is 0 Å². The molecular formula is C20H27N3O6. The number of carbonyl (C=O) groups excluding carboxylic acids is 1. The third kappa shape index (κ3) is 4.44. The maximum absolute atomic E-state index is 12.2. The van der Waals surface area contributed by atoms with Crippen molar-refractivity contribution in [3.8, 4) is 0 Å². The highest BCUT2D eigenvalue weighted by Crippen LogP contribution is 2.42. The fourth-order valence-corrected chi connectivity index (χ4v) is 3.32. The van der Waals surface area contributed by atoms with E-state index in [9.17, 15) is 24.6 Å². The molecular weight excluding hydrogens is 378 g/mol. The molecule has 0 spiro atoms. The van der Waals surface area contributed by atoms with Crippen molar-refractivity contribution in [2.75, 3.05) is 10.3 Å². The van der Waals surface area contributed by atoms with Crippen LogP contribution in [0, 0.1) is 6.92 Å². The minimum absolute atomic E-state index is 0.223. The normalized spacial score (nSPS) is 13.9. The molecule has 0 bridgehead atoms. The van der Waals surface area contributed by atoms with Crippen LogP contribution in [0.3, 0.4) is 0 Å². The highest BCUT2D eigenvalue weighted by atomic mass is 16.6. The fourth-order valence-electron chi connectivity index (χ4n) is 3.32. The number of ether oxygens (including phenoxy) is 1. The van der Waals surface area contributed by atoms with Gasteiger partial charge >= 0.3 is 18.3 Å². The number of hydrazine groups is 1. The van der Waals surface area contributed by atoms with Gasteiger partial charge in [-0.2, -0.15) is 10.0 Å². The molecule has 0 aliphatic carbocycles. The first-order valence-corrected chi connectivity index (χ1v) is 9.34. The molecule has 9 nitrogen and oxygen atoms in total. The third-order valence-corrected chi connectivity index (χ3v) is 4.39. The van der Waals surface area contributed by atoms with Crippen LogP contribution >= 0.6 is 0 Å². The van der Waals surface area contributed by atoms with Crippen molar-refractivity contribution in [3.05, 3.63) is 29.0 Å². The number of rotatable bonds is 3. The molecule has 0 radical (unpaired) electrons. The van der Waals surface area contributed by atoms with Gasteiger partial charge in [0.1, 0.15) is 5.60 Å². The number of allylic oxidation sites excluding steroid dienone is 2. The lowest BCUT2D eigenvalue weighted by Gasteiger charge is -2.39. The Labute approximate surface area is 169 Å². The maximum atomic E-state index is 12.2. The largest absolute Gasteiger partial charge is 0.463 e. The number of nitrogens with one attached hydrogen (secondary N) is 1. The minimum atomic E-state index is -1.41. The zero-order valence-corrected chi connectivity index (χ0v) is 17.5. The lowest BCUT2D eigenvalue weighted by atomic mass is 9.93. The Balaban J connectivity index is 2.65. The molecule has 1 aromatic rings. The monoisotopic (exact) mass is 405 g/mol. The summed E-state index contributed by atoms with van der Waals surface area (Å²) >= 11 is 0. The van der Waals surface area contributed by atoms with Crippen molar-refractivity contribution < 1.29 is 29.3 Å². The summed E-state index contributed by atoms with van der Waals surface area (Å²) in [6, 6.07) is 3.21. The smallest absolute Gasteiger partial charge is 0.431 e. The molecule has 29 heavy (non-hydrogen) atoms. The minimum Gasteiger partial charge on any atom is -0.463 e. The second-order valence-electron chi connectivity index (χ2n) is 7.63. The number of hydrogen-bond acceptors (Lipinski definition) is 4. The zero-order chi connectivity index (χ0) is 22.1. The van der Waals surface area contributed by atoms with Crippen LogP contribution in [0.4, 0.5) is 25.8 Å². The molecule has 0 aromatic heterocycles. The van der Waals surface area contributed by atoms with Crippen LogP contribution in [0.25, 0.3) is 5.57 Å². The number of fused-ring (bicyclic) bond motifs is 1. The summed E-state index contributed by atoms with van der Waals surface area (Å²) in [5.74, 6) is 0. The Morgan fingerprint density at radius 3 is 2.07 bits per heavy atom. The predicted octanol–water partition coefficient (Wildman–Crippen LogP) is 5.27. The predicted molar refractivity (Wildman–Crippen MR) is 109 cm³/mol. The molecule has 0 unspecified atom stereocenters. The van der Waals surface area contributed by atoms with E-state index >= 15 is 0 Å². The van der Waals surface area contributed by atoms with Gasteiger partial charge in [0.25, 0.3) is 0 Å². The summed E-state index contributed by atoms with van der Waals surface area (Å²) < 4.78 is 5.29. The summed E-state index contributed by atoms with van der Waals surface area (Å²) in [5, 5.41) is 23.6. The fraction of sp³-hybridized carbons (Fsp3) is 0.450. The maximum Gasteiger partial charge on any atom is 0.431 e. The van der Waals surface area contributed by atoms with Gasteiger partial charge in [0.2, 0.25) is 0 Å². The molecule has 3 amide bonds. The zero-order valence-electron chi connectivity index (χ0n) is 17.5. The van der Waals surface area contributed by atoms with Gasteiger partial charge in [0.05, 0.1) is 11.4 Å². The summed E-state index contributed by atoms with van der Waals surface area (Å²) in [6.07, 6.45) is -2.61. The average molecular weight is 405 g/mol. The number of carbonyl (C=O) groups is 3. The topological polar surface area (TPSA) is 119 Å². The number of anilines is 2. The van der Waals surface area contributed by atoms with Crippen LogP contribution in [0.15, 0.2) is 17.8 Å². The Morgan fingerprint density at radius 1 is 1.03 bits per heavy atom. The molecule has 1 aliphatic heterocycles. The lowest BCUT2D eigenvalue weighted by Crippen LogP contribution is -2.50. The number of nitrogens with zero attached hydrogens (tertiary/aromatic N) is 2. The second kappa shape index (κ2) is 8.02. The average Bonchev–Trinajstić information content (AvgIpc) is 2.58. The van der Waals surface area contributed by atoms with E-state index in [4.69, 9.17) is 4.74 Å². The van der Waals surface area contributed by atoms with Crippen molar-refractivity contribution in [1.82, 2.24) is 5.01 Å². The first-order valence-electron chi connectivity index (χ1n) is 9.34. The van der Waals surface area contributed by atoms with Crippen LogP contribution in [0.1, 0.15) is 58.6 Å². The SMILES string of the molecule is CCC1=C(CC)N(C(=O)O)N(C(=O)O)c2cc(C)c(NC(=O)OC(C)(C)C)cc21. The van der Waals surface area contributed by atoms with E-state index < -0.39 is 23.9 Å². The number of hydrogen-bond donors (Lipinski definition) is 3. The first-order chi connectivity index (χ1) is 13.4. The molecule has 0 fully saturated rings. The van der Waals surface area contributed by atoms with Gasteiger partial charge < -0.3 is 14.9 Å². The standard InChI is InChI=1S/C20H27N3O6/c1-7-12-13-10-14(21-17(24)29-20(4,5)6)11(3)9-16(13)23(19(27)28)22(18(25)26)15(12)8-2/h9-10H,7-8H2,1-6H3,(H,21,24)(H,25,26)(H,27,28). The Hall–Kier alpha value is -3.23. The van der Waals surface area contributed by atoms with Crippen molar-refractivity contribution in [1.29, 1.82) is 0 Å². The van der Waals surface area contributed by atoms with E-state index in [0.29, 0.717) is 40.9 Å². The van der Waals surface area contributed by atoms with E-state index in [1.165, 1.54) is 0 Å². The first kappa shape index (κ1) is 22.1. The molecule has 1 aliphatic rings. The Morgan fingerprint density at radius 2 is 1.62 bits per heavy atom. The molecule has 1 heterocycles. The van der Waals surface area contributed by atoms with Crippen LogP contribution < -0.4 is 10.3 Å². The molecule has 1 aromatic carbocycles. The molecule has 0 saturated heterocycles. The number of benzene rings is 1. The molecule has 3 N–H and O–H groups in total. The van der Waals surface area contributed by atoms with Gasteiger partial charge in [-0.15, -0.1) is 0 Å². The van der Waals surface area contributed by atoms with Crippen molar-refractivity contribution >= 4 is 35.2 Å². The van der Waals surface area contributed by atoms with Crippen LogP contribution in [-0.4, -0.2) is 39.1 Å². The molecule has 158 valence electrons. The van der Waals surface area contributed by atoms with Crippen molar-refractivity contribution in [3.63, 3.8) is 0 Å². The highest BCUT2D eigenvalue weighted by molar-refractivity contribution is 5.99. The number of amides is 3. The Bertz CT molecular complexity index is 885. The summed E-state index contributed by atoms with van der Waals surface area (Å²) in [6.45, 7) is 10.6. The third-order valence-electron chi connectivity index (χ3n) is 4.39. The van der Waals surface area contributed by atoms with Crippen molar-refractivity contribution in [2.45, 2.75) is 60.0 Å². The van der Waals surface area contributed by atoms with Crippen molar-refractivity contribution in [2.24, 2.45) is 0 Å². The van der Waals surface area contributed by atoms with E-state index in [1.807, 2.05) is 6.92 Å². The van der Waals surface area contributed by atoms with Gasteiger partial charge in [-0.3, -0.25) is 5.32 Å². The Kier molecular flexibility index (Phi) is 6.10. The van der Waals surface area contributed by atoms with E-state index in [1.54, 1.807) is 46.8 Å². The summed E-state index contributed by atoms with van der Waals surface area (Å²) in [5.41, 5.74) is 2.23. The van der Waals surface area contributed by atoms with Crippen LogP contribution in [0.5, 0.6) is 0 Å². The molecule has 2 rings (SSSR count). The summed E-state index contributed by atoms with van der Waals surface area (Å²) in [4.78, 5) is 36.0. The van der Waals surface area contributed by atoms with Gasteiger partial charge in [-0.1, -0.05) is 13.8 Å². The van der Waals surface area contributed by atoms with E-state index in [2.05, 4.69) is 5.32 Å². The van der Waals surface area contributed by atoms with E-state index in [0.717, 1.165) is 10.0 Å². The summed E-state index contributed by atoms with van der Waals surface area (Å²) in [7, 11) is 0. The van der Waals surface area contributed by atoms with Crippen LogP contribution in [-0.2, 0) is 4.74 Å². The quantitative estimate of drug-likeness (QED) is 0.630. The van der Waals surface area contributed by atoms with Gasteiger partial charge in [0.15, 0.2) is 0 Å². The number of carboxylic acid groups (broad SMARTS) is 2. The van der Waals surface area contributed by atoms with Gasteiger partial charge in [0, 0.05) is 11.3 Å². The van der Waals surface area contributed by atoms with Gasteiger partial charge in [-0.05, 0) is 63.8 Å². The molecule has 0 saturated carbocycles. The highest BCUT2D eigenvalue weighted by Gasteiger charge is 2.38. The molecule has 0 atom stereocenters. The van der Waals surface area contributed by atoms with Gasteiger partial charge in [-0.25, -0.2) is 14.4 Å². The van der Waals surface area contributed by atoms with E-state index in [-0.39, 0.29) is 5.69 Å². The number of aryl methyl sites for hydroxylation is 1. The second-order valence-corrected chi connectivity index (χ2v) is 7.63.